The number of rotatable bonds is 9. The van der Waals surface area contributed by atoms with Crippen molar-refractivity contribution in [2.75, 3.05) is 18.5 Å². The van der Waals surface area contributed by atoms with Crippen LogP contribution < -0.4 is 14.8 Å². The van der Waals surface area contributed by atoms with E-state index in [1.807, 2.05) is 13.8 Å². The molecule has 0 aromatic heterocycles. The van der Waals surface area contributed by atoms with Gasteiger partial charge in [-0.15, -0.1) is 0 Å². The zero-order valence-corrected chi connectivity index (χ0v) is 16.6. The highest BCUT2D eigenvalue weighted by Gasteiger charge is 2.17. The van der Waals surface area contributed by atoms with E-state index in [1.54, 1.807) is 24.3 Å². The normalized spacial score (nSPS) is 11.7. The van der Waals surface area contributed by atoms with Gasteiger partial charge >= 0.3 is 5.97 Å². The van der Waals surface area contributed by atoms with Crippen LogP contribution in [0.25, 0.3) is 6.08 Å². The average Bonchev–Trinajstić information content (AvgIpc) is 2.68. The lowest BCUT2D eigenvalue weighted by Gasteiger charge is -2.12. The Labute approximate surface area is 169 Å². The maximum absolute atomic E-state index is 13.2. The van der Waals surface area contributed by atoms with E-state index in [2.05, 4.69) is 5.32 Å². The molecule has 0 aliphatic carbocycles. The molecule has 2 rings (SSSR count). The molecule has 7 heteroatoms. The van der Waals surface area contributed by atoms with Crippen LogP contribution in [0.3, 0.4) is 0 Å². The predicted octanol–water partition coefficient (Wildman–Crippen LogP) is 4.21. The third-order valence-corrected chi connectivity index (χ3v) is 3.73. The number of hydrogen-bond acceptors (Lipinski definition) is 5. The third-order valence-electron chi connectivity index (χ3n) is 3.73. The second kappa shape index (κ2) is 10.8. The van der Waals surface area contributed by atoms with Crippen LogP contribution in [0.2, 0.25) is 0 Å². The molecule has 154 valence electrons. The lowest BCUT2D eigenvalue weighted by atomic mass is 10.2. The summed E-state index contributed by atoms with van der Waals surface area (Å²) in [7, 11) is 0. The maximum Gasteiger partial charge on any atom is 0.331 e. The fourth-order valence-electron chi connectivity index (χ4n) is 2.41. The second-order valence-electron chi connectivity index (χ2n) is 5.98. The van der Waals surface area contributed by atoms with Crippen molar-refractivity contribution in [1.82, 2.24) is 0 Å². The Morgan fingerprint density at radius 1 is 1.07 bits per heavy atom. The molecule has 0 heterocycles. The molecule has 0 unspecified atom stereocenters. The van der Waals surface area contributed by atoms with Crippen molar-refractivity contribution in [2.24, 2.45) is 0 Å². The Balaban J connectivity index is 1.96. The molecule has 0 bridgehead atoms. The van der Waals surface area contributed by atoms with Gasteiger partial charge in [-0.3, -0.25) is 4.79 Å². The predicted molar refractivity (Wildman–Crippen MR) is 108 cm³/mol. The number of nitrogens with one attached hydrogen (secondary N) is 1. The van der Waals surface area contributed by atoms with Gasteiger partial charge in [-0.25, -0.2) is 9.18 Å². The van der Waals surface area contributed by atoms with Crippen molar-refractivity contribution in [1.29, 1.82) is 0 Å². The van der Waals surface area contributed by atoms with Crippen molar-refractivity contribution >= 4 is 23.6 Å². The Hall–Kier alpha value is -3.35. The van der Waals surface area contributed by atoms with Crippen LogP contribution in [-0.4, -0.2) is 31.2 Å². The van der Waals surface area contributed by atoms with E-state index < -0.39 is 23.8 Å². The number of hydrogen-bond donors (Lipinski definition) is 1. The van der Waals surface area contributed by atoms with E-state index in [1.165, 1.54) is 37.3 Å². The van der Waals surface area contributed by atoms with E-state index in [0.29, 0.717) is 30.3 Å². The lowest BCUT2D eigenvalue weighted by molar-refractivity contribution is -0.148. The molecule has 0 fully saturated rings. The number of esters is 1. The highest BCUT2D eigenvalue weighted by Crippen LogP contribution is 2.29. The Kier molecular flexibility index (Phi) is 8.21. The summed E-state index contributed by atoms with van der Waals surface area (Å²) in [5.74, 6) is -0.516. The number of amides is 1. The minimum absolute atomic E-state index is 0.284. The molecule has 29 heavy (non-hydrogen) atoms. The highest BCUT2D eigenvalue weighted by molar-refractivity contribution is 5.96. The smallest absolute Gasteiger partial charge is 0.331 e. The number of halogens is 1. The van der Waals surface area contributed by atoms with Crippen molar-refractivity contribution in [3.05, 3.63) is 59.9 Å². The molecule has 2 aromatic rings. The molecule has 0 saturated heterocycles. The van der Waals surface area contributed by atoms with Crippen LogP contribution in [0.5, 0.6) is 11.5 Å². The zero-order valence-electron chi connectivity index (χ0n) is 16.6. The molecule has 0 radical (unpaired) electrons. The Morgan fingerprint density at radius 3 is 2.48 bits per heavy atom. The first-order valence-corrected chi connectivity index (χ1v) is 9.27. The average molecular weight is 401 g/mol. The molecule has 6 nitrogen and oxygen atoms in total. The van der Waals surface area contributed by atoms with Crippen molar-refractivity contribution < 1.29 is 28.2 Å². The van der Waals surface area contributed by atoms with Crippen LogP contribution in [0.15, 0.2) is 48.5 Å². The van der Waals surface area contributed by atoms with Crippen LogP contribution in [0.4, 0.5) is 10.1 Å². The van der Waals surface area contributed by atoms with Gasteiger partial charge in [0.1, 0.15) is 5.82 Å². The minimum Gasteiger partial charge on any atom is -0.490 e. The Morgan fingerprint density at radius 2 is 1.79 bits per heavy atom. The summed E-state index contributed by atoms with van der Waals surface area (Å²) >= 11 is 0. The monoisotopic (exact) mass is 401 g/mol. The summed E-state index contributed by atoms with van der Waals surface area (Å²) in [6.07, 6.45) is 1.73. The second-order valence-corrected chi connectivity index (χ2v) is 5.98. The minimum atomic E-state index is -1.05. The summed E-state index contributed by atoms with van der Waals surface area (Å²) in [5, 5.41) is 2.49. The van der Waals surface area contributed by atoms with Gasteiger partial charge in [-0.2, -0.15) is 0 Å². The molecule has 1 amide bonds. The standard InChI is InChI=1S/C22H24FNO5/c1-4-27-19-11-9-16(13-20(19)28-5-2)10-12-21(25)29-15(3)22(26)24-18-8-6-7-17(23)14-18/h6-15H,4-5H2,1-3H3,(H,24,26)/b12-10+/t15-/m0/s1. The van der Waals surface area contributed by atoms with E-state index in [9.17, 15) is 14.0 Å². The summed E-state index contributed by atoms with van der Waals surface area (Å²) in [4.78, 5) is 24.1. The number of anilines is 1. The van der Waals surface area contributed by atoms with Crippen LogP contribution in [0, 0.1) is 5.82 Å². The topological polar surface area (TPSA) is 73.9 Å². The van der Waals surface area contributed by atoms with Gasteiger partial charge in [0.25, 0.3) is 5.91 Å². The molecule has 1 atom stereocenters. The number of carbonyl (C=O) groups is 2. The fourth-order valence-corrected chi connectivity index (χ4v) is 2.41. The van der Waals surface area contributed by atoms with E-state index in [4.69, 9.17) is 14.2 Å². The first-order valence-electron chi connectivity index (χ1n) is 9.27. The molecule has 0 aliphatic heterocycles. The van der Waals surface area contributed by atoms with Gasteiger partial charge in [0.15, 0.2) is 17.6 Å². The van der Waals surface area contributed by atoms with E-state index in [-0.39, 0.29) is 5.69 Å². The molecular formula is C22H24FNO5. The van der Waals surface area contributed by atoms with Gasteiger partial charge in [-0.05, 0) is 62.7 Å². The number of carbonyl (C=O) groups excluding carboxylic acids is 2. The van der Waals surface area contributed by atoms with Crippen molar-refractivity contribution in [3.63, 3.8) is 0 Å². The van der Waals surface area contributed by atoms with Crippen LogP contribution >= 0.6 is 0 Å². The molecule has 2 aromatic carbocycles. The Bertz CT molecular complexity index is 881. The largest absolute Gasteiger partial charge is 0.490 e. The van der Waals surface area contributed by atoms with Crippen molar-refractivity contribution in [3.8, 4) is 11.5 Å². The lowest BCUT2D eigenvalue weighted by Crippen LogP contribution is -2.29. The third kappa shape index (κ3) is 6.95. The van der Waals surface area contributed by atoms with Gasteiger partial charge in [-0.1, -0.05) is 12.1 Å². The van der Waals surface area contributed by atoms with Gasteiger partial charge < -0.3 is 19.5 Å². The van der Waals surface area contributed by atoms with Gasteiger partial charge in [0.2, 0.25) is 0 Å². The zero-order chi connectivity index (χ0) is 21.2. The van der Waals surface area contributed by atoms with Crippen molar-refractivity contribution in [2.45, 2.75) is 26.9 Å². The van der Waals surface area contributed by atoms with E-state index in [0.717, 1.165) is 0 Å². The van der Waals surface area contributed by atoms with Gasteiger partial charge in [0, 0.05) is 11.8 Å². The fraction of sp³-hybridized carbons (Fsp3) is 0.273. The van der Waals surface area contributed by atoms with E-state index >= 15 is 0 Å². The summed E-state index contributed by atoms with van der Waals surface area (Å²) in [6, 6.07) is 10.7. The number of ether oxygens (including phenoxy) is 3. The van der Waals surface area contributed by atoms with Gasteiger partial charge in [0.05, 0.1) is 13.2 Å². The SMILES string of the molecule is CCOc1ccc(/C=C/C(=O)O[C@@H](C)C(=O)Nc2cccc(F)c2)cc1OCC. The molecule has 1 N–H and O–H groups in total. The molecule has 0 saturated carbocycles. The quantitative estimate of drug-likeness (QED) is 0.503. The molecular weight excluding hydrogens is 377 g/mol. The molecule has 0 aliphatic rings. The van der Waals surface area contributed by atoms with Crippen LogP contribution in [-0.2, 0) is 14.3 Å². The summed E-state index contributed by atoms with van der Waals surface area (Å²) < 4.78 is 29.3. The summed E-state index contributed by atoms with van der Waals surface area (Å²) in [6.45, 7) is 6.17. The first-order chi connectivity index (χ1) is 13.9. The summed E-state index contributed by atoms with van der Waals surface area (Å²) in [5.41, 5.74) is 0.997. The van der Waals surface area contributed by atoms with Crippen LogP contribution in [0.1, 0.15) is 26.3 Å². The highest BCUT2D eigenvalue weighted by atomic mass is 19.1. The molecule has 0 spiro atoms. The number of benzene rings is 2. The maximum atomic E-state index is 13.2. The first kappa shape index (κ1) is 21.9.